The van der Waals surface area contributed by atoms with E-state index in [4.69, 9.17) is 5.73 Å². The number of carbonyl (C=O) groups is 2. The fourth-order valence-electron chi connectivity index (χ4n) is 2.38. The van der Waals surface area contributed by atoms with E-state index in [2.05, 4.69) is 4.98 Å². The molecule has 1 saturated heterocycles. The molecule has 102 valence electrons. The predicted molar refractivity (Wildman–Crippen MR) is 69.9 cm³/mol. The number of aliphatic carboxylic acids is 1. The molecule has 6 heteroatoms. The van der Waals surface area contributed by atoms with E-state index in [0.717, 1.165) is 6.42 Å². The lowest BCUT2D eigenvalue weighted by atomic mass is 9.92. The number of carboxylic acids is 1. The molecule has 0 aliphatic carbocycles. The van der Waals surface area contributed by atoms with Crippen molar-refractivity contribution in [3.63, 3.8) is 0 Å². The molecule has 2 rings (SSSR count). The molecule has 0 spiro atoms. The maximum Gasteiger partial charge on any atom is 0.326 e. The first-order chi connectivity index (χ1) is 8.99. The highest BCUT2D eigenvalue weighted by Gasteiger charge is 2.32. The van der Waals surface area contributed by atoms with E-state index in [1.807, 2.05) is 6.92 Å². The molecule has 0 aromatic carbocycles. The minimum atomic E-state index is -0.863. The number of hydrogen-bond acceptors (Lipinski definition) is 4. The van der Waals surface area contributed by atoms with E-state index in [1.54, 1.807) is 11.0 Å². The minimum Gasteiger partial charge on any atom is -0.480 e. The molecule has 2 atom stereocenters. The number of pyridine rings is 1. The number of nitrogens with zero attached hydrogens (tertiary/aromatic N) is 2. The second kappa shape index (κ2) is 5.26. The monoisotopic (exact) mass is 263 g/mol. The first-order valence-electron chi connectivity index (χ1n) is 6.24. The first-order valence-corrected chi connectivity index (χ1v) is 6.24. The van der Waals surface area contributed by atoms with Gasteiger partial charge in [0, 0.05) is 18.3 Å². The zero-order chi connectivity index (χ0) is 14.0. The number of amides is 1. The molecule has 0 radical (unpaired) electrons. The summed E-state index contributed by atoms with van der Waals surface area (Å²) in [7, 11) is 0. The molecule has 1 aromatic heterocycles. The number of carbonyl (C=O) groups excluding carboxylic acids is 1. The van der Waals surface area contributed by atoms with E-state index < -0.39 is 17.9 Å². The summed E-state index contributed by atoms with van der Waals surface area (Å²) in [6, 6.07) is 2.47. The van der Waals surface area contributed by atoms with Gasteiger partial charge in [-0.2, -0.15) is 0 Å². The first kappa shape index (κ1) is 13.3. The van der Waals surface area contributed by atoms with Crippen LogP contribution in [0.15, 0.2) is 18.3 Å². The van der Waals surface area contributed by atoms with Crippen LogP contribution in [0.1, 0.15) is 30.1 Å². The molecule has 0 saturated carbocycles. The van der Waals surface area contributed by atoms with Crippen molar-refractivity contribution in [3.8, 4) is 0 Å². The molecule has 1 aromatic rings. The van der Waals surface area contributed by atoms with Crippen LogP contribution in [0.25, 0.3) is 0 Å². The largest absolute Gasteiger partial charge is 0.480 e. The zero-order valence-electron chi connectivity index (χ0n) is 10.7. The summed E-state index contributed by atoms with van der Waals surface area (Å²) >= 11 is 0. The van der Waals surface area contributed by atoms with Crippen molar-refractivity contribution >= 4 is 17.7 Å². The van der Waals surface area contributed by atoms with Crippen molar-refractivity contribution in [2.45, 2.75) is 25.8 Å². The van der Waals surface area contributed by atoms with Gasteiger partial charge in [-0.05, 0) is 30.9 Å². The highest BCUT2D eigenvalue weighted by Crippen LogP contribution is 2.27. The lowest BCUT2D eigenvalue weighted by Gasteiger charge is -2.36. The summed E-state index contributed by atoms with van der Waals surface area (Å²) in [5, 5.41) is 9.31. The number of aromatic nitrogens is 1. The van der Waals surface area contributed by atoms with Crippen molar-refractivity contribution in [2.24, 2.45) is 11.7 Å². The summed E-state index contributed by atoms with van der Waals surface area (Å²) in [5.74, 6) is -0.536. The van der Waals surface area contributed by atoms with E-state index in [-0.39, 0.29) is 0 Å². The van der Waals surface area contributed by atoms with Gasteiger partial charge in [-0.15, -0.1) is 0 Å². The maximum absolute atomic E-state index is 11.3. The summed E-state index contributed by atoms with van der Waals surface area (Å²) in [5.41, 5.74) is 5.57. The molecule has 1 amide bonds. The van der Waals surface area contributed by atoms with Crippen molar-refractivity contribution in [1.29, 1.82) is 0 Å². The fourth-order valence-corrected chi connectivity index (χ4v) is 2.38. The van der Waals surface area contributed by atoms with Crippen LogP contribution >= 0.6 is 0 Å². The van der Waals surface area contributed by atoms with E-state index in [9.17, 15) is 14.7 Å². The number of hydrogen-bond donors (Lipinski definition) is 2. The van der Waals surface area contributed by atoms with Crippen molar-refractivity contribution in [3.05, 3.63) is 23.9 Å². The number of rotatable bonds is 3. The average molecular weight is 263 g/mol. The van der Waals surface area contributed by atoms with Crippen LogP contribution in [0.3, 0.4) is 0 Å². The molecule has 19 heavy (non-hydrogen) atoms. The third kappa shape index (κ3) is 2.83. The zero-order valence-corrected chi connectivity index (χ0v) is 10.7. The topological polar surface area (TPSA) is 96.5 Å². The smallest absolute Gasteiger partial charge is 0.326 e. The van der Waals surface area contributed by atoms with E-state index in [0.29, 0.717) is 30.3 Å². The number of piperidine rings is 1. The minimum absolute atomic E-state index is 0.341. The van der Waals surface area contributed by atoms with Gasteiger partial charge in [0.15, 0.2) is 0 Å². The van der Waals surface area contributed by atoms with Gasteiger partial charge in [0.1, 0.15) is 11.9 Å². The van der Waals surface area contributed by atoms with Crippen molar-refractivity contribution in [1.82, 2.24) is 4.98 Å². The van der Waals surface area contributed by atoms with E-state index >= 15 is 0 Å². The molecule has 2 unspecified atom stereocenters. The Morgan fingerprint density at radius 3 is 2.89 bits per heavy atom. The van der Waals surface area contributed by atoms with Gasteiger partial charge in [-0.25, -0.2) is 9.78 Å². The van der Waals surface area contributed by atoms with Gasteiger partial charge in [-0.1, -0.05) is 6.92 Å². The molecular weight excluding hydrogens is 246 g/mol. The Hall–Kier alpha value is -2.11. The lowest BCUT2D eigenvalue weighted by Crippen LogP contribution is -2.47. The van der Waals surface area contributed by atoms with Crippen LogP contribution in [0.2, 0.25) is 0 Å². The van der Waals surface area contributed by atoms with Crippen LogP contribution in [-0.4, -0.2) is 34.6 Å². The molecular formula is C13H17N3O3. The van der Waals surface area contributed by atoms with Crippen LogP contribution in [-0.2, 0) is 4.79 Å². The fraction of sp³-hybridized carbons (Fsp3) is 0.462. The highest BCUT2D eigenvalue weighted by atomic mass is 16.4. The van der Waals surface area contributed by atoms with Gasteiger partial charge in [0.25, 0.3) is 0 Å². The Morgan fingerprint density at radius 1 is 1.53 bits per heavy atom. The Bertz CT molecular complexity index is 504. The molecule has 1 aliphatic heterocycles. The number of primary amides is 1. The third-order valence-corrected chi connectivity index (χ3v) is 3.47. The van der Waals surface area contributed by atoms with Crippen LogP contribution in [0.4, 0.5) is 5.82 Å². The summed E-state index contributed by atoms with van der Waals surface area (Å²) in [6.45, 7) is 2.66. The number of carboxylic acid groups (broad SMARTS) is 1. The lowest BCUT2D eigenvalue weighted by molar-refractivity contribution is -0.139. The quantitative estimate of drug-likeness (QED) is 0.843. The number of anilines is 1. The van der Waals surface area contributed by atoms with E-state index in [1.165, 1.54) is 12.3 Å². The van der Waals surface area contributed by atoms with Gasteiger partial charge < -0.3 is 15.7 Å². The summed E-state index contributed by atoms with van der Waals surface area (Å²) in [4.78, 5) is 28.4. The average Bonchev–Trinajstić information content (AvgIpc) is 2.38. The Kier molecular flexibility index (Phi) is 3.69. The molecule has 3 N–H and O–H groups in total. The standard InChI is InChI=1S/C13H17N3O3/c1-8-3-5-16(10(6-8)13(18)19)11-7-9(12(14)17)2-4-15-11/h2,4,7-8,10H,3,5-6H2,1H3,(H2,14,17)(H,18,19). The maximum atomic E-state index is 11.3. The molecule has 6 nitrogen and oxygen atoms in total. The molecule has 2 heterocycles. The second-order valence-corrected chi connectivity index (χ2v) is 4.94. The number of nitrogens with two attached hydrogens (primary N) is 1. The normalized spacial score (nSPS) is 23.1. The molecule has 1 fully saturated rings. The second-order valence-electron chi connectivity index (χ2n) is 4.94. The highest BCUT2D eigenvalue weighted by molar-refractivity contribution is 5.93. The van der Waals surface area contributed by atoms with Crippen LogP contribution in [0.5, 0.6) is 0 Å². The predicted octanol–water partition coefficient (Wildman–Crippen LogP) is 0.870. The SMILES string of the molecule is CC1CCN(c2cc(C(N)=O)ccn2)C(C(=O)O)C1. The molecule has 1 aliphatic rings. The molecule has 0 bridgehead atoms. The van der Waals surface area contributed by atoms with Crippen LogP contribution in [0, 0.1) is 5.92 Å². The van der Waals surface area contributed by atoms with Gasteiger partial charge >= 0.3 is 5.97 Å². The Labute approximate surface area is 111 Å². The Morgan fingerprint density at radius 2 is 2.26 bits per heavy atom. The van der Waals surface area contributed by atoms with Crippen molar-refractivity contribution < 1.29 is 14.7 Å². The Balaban J connectivity index is 2.30. The summed E-state index contributed by atoms with van der Waals surface area (Å²) < 4.78 is 0. The van der Waals surface area contributed by atoms with Gasteiger partial charge in [0.2, 0.25) is 5.91 Å². The van der Waals surface area contributed by atoms with Gasteiger partial charge in [-0.3, -0.25) is 4.79 Å². The third-order valence-electron chi connectivity index (χ3n) is 3.47. The summed E-state index contributed by atoms with van der Waals surface area (Å²) in [6.07, 6.45) is 2.97. The van der Waals surface area contributed by atoms with Gasteiger partial charge in [0.05, 0.1) is 0 Å². The van der Waals surface area contributed by atoms with Crippen molar-refractivity contribution in [2.75, 3.05) is 11.4 Å². The van der Waals surface area contributed by atoms with Crippen LogP contribution < -0.4 is 10.6 Å².